The summed E-state index contributed by atoms with van der Waals surface area (Å²) >= 11 is 0. The molecule has 3 rings (SSSR count). The molecular weight excluding hydrogens is 238 g/mol. The summed E-state index contributed by atoms with van der Waals surface area (Å²) in [6.07, 6.45) is 3.69. The predicted octanol–water partition coefficient (Wildman–Crippen LogP) is 1.95. The van der Waals surface area contributed by atoms with Crippen molar-refractivity contribution in [2.75, 3.05) is 6.61 Å². The molecule has 1 aromatic carbocycles. The van der Waals surface area contributed by atoms with Gasteiger partial charge in [0.15, 0.2) is 5.72 Å². The number of ether oxygens (including phenoxy) is 1. The molecule has 0 spiro atoms. The first kappa shape index (κ1) is 12.3. The van der Waals surface area contributed by atoms with Crippen molar-refractivity contribution in [2.24, 2.45) is 11.5 Å². The van der Waals surface area contributed by atoms with E-state index in [9.17, 15) is 0 Å². The molecule has 1 aromatic heterocycles. The van der Waals surface area contributed by atoms with E-state index in [1.807, 2.05) is 43.3 Å². The molecule has 98 valence electrons. The summed E-state index contributed by atoms with van der Waals surface area (Å²) in [4.78, 5) is 4.61. The van der Waals surface area contributed by atoms with Crippen molar-refractivity contribution in [2.45, 2.75) is 18.7 Å². The fourth-order valence-corrected chi connectivity index (χ4v) is 2.47. The zero-order valence-corrected chi connectivity index (χ0v) is 10.8. The third-order valence-electron chi connectivity index (χ3n) is 3.50. The summed E-state index contributed by atoms with van der Waals surface area (Å²) in [5.74, 6) is 0. The van der Waals surface area contributed by atoms with Crippen LogP contribution in [0.25, 0.3) is 17.0 Å². The largest absolute Gasteiger partial charge is 0.355 e. The molecule has 1 heterocycles. The zero-order valence-electron chi connectivity index (χ0n) is 10.8. The summed E-state index contributed by atoms with van der Waals surface area (Å²) in [5.41, 5.74) is 14.3. The van der Waals surface area contributed by atoms with Gasteiger partial charge in [0.1, 0.15) is 0 Å². The normalized spacial score (nSPS) is 25.5. The minimum Gasteiger partial charge on any atom is -0.355 e. The first-order chi connectivity index (χ1) is 9.14. The van der Waals surface area contributed by atoms with Crippen LogP contribution in [-0.4, -0.2) is 17.3 Å². The second kappa shape index (κ2) is 4.42. The standard InChI is InChI=1S/C15H17N3O/c1-2-19-15(17)8-7-13-11(14(15)16)9-10-5-3-4-6-12(10)18-13/h3-9,14H,2,16-17H2,1H3. The van der Waals surface area contributed by atoms with Gasteiger partial charge in [-0.05, 0) is 36.8 Å². The lowest BCUT2D eigenvalue weighted by molar-refractivity contribution is -0.0165. The topological polar surface area (TPSA) is 74.2 Å². The molecule has 2 aromatic rings. The lowest BCUT2D eigenvalue weighted by atomic mass is 9.89. The maximum Gasteiger partial charge on any atom is 0.155 e. The van der Waals surface area contributed by atoms with Crippen LogP contribution in [0.3, 0.4) is 0 Å². The molecule has 4 N–H and O–H groups in total. The Labute approximate surface area is 112 Å². The van der Waals surface area contributed by atoms with E-state index < -0.39 is 11.8 Å². The van der Waals surface area contributed by atoms with Gasteiger partial charge in [0.05, 0.1) is 17.3 Å². The van der Waals surface area contributed by atoms with Gasteiger partial charge in [-0.1, -0.05) is 18.2 Å². The summed E-state index contributed by atoms with van der Waals surface area (Å²) in [5, 5.41) is 1.06. The third kappa shape index (κ3) is 1.94. The van der Waals surface area contributed by atoms with Crippen LogP contribution < -0.4 is 11.5 Å². The Bertz CT molecular complexity index is 653. The van der Waals surface area contributed by atoms with Gasteiger partial charge in [0, 0.05) is 12.0 Å². The zero-order chi connectivity index (χ0) is 13.5. The molecule has 4 heteroatoms. The molecule has 0 amide bonds. The summed E-state index contributed by atoms with van der Waals surface area (Å²) in [6, 6.07) is 9.60. The lowest BCUT2D eigenvalue weighted by Crippen LogP contribution is -2.51. The number of hydrogen-bond acceptors (Lipinski definition) is 4. The molecule has 2 atom stereocenters. The predicted molar refractivity (Wildman–Crippen MR) is 76.2 cm³/mol. The molecule has 0 bridgehead atoms. The van der Waals surface area contributed by atoms with Gasteiger partial charge in [-0.25, -0.2) is 4.98 Å². The van der Waals surface area contributed by atoms with Crippen molar-refractivity contribution in [1.29, 1.82) is 0 Å². The molecule has 0 saturated heterocycles. The minimum absolute atomic E-state index is 0.412. The summed E-state index contributed by atoms with van der Waals surface area (Å²) in [7, 11) is 0. The summed E-state index contributed by atoms with van der Waals surface area (Å²) < 4.78 is 5.59. The van der Waals surface area contributed by atoms with E-state index in [0.29, 0.717) is 6.61 Å². The van der Waals surface area contributed by atoms with Crippen molar-refractivity contribution in [1.82, 2.24) is 4.98 Å². The molecule has 2 unspecified atom stereocenters. The monoisotopic (exact) mass is 255 g/mol. The van der Waals surface area contributed by atoms with Crippen LogP contribution >= 0.6 is 0 Å². The molecule has 0 saturated carbocycles. The molecule has 19 heavy (non-hydrogen) atoms. The first-order valence-electron chi connectivity index (χ1n) is 6.41. The van der Waals surface area contributed by atoms with E-state index in [1.165, 1.54) is 0 Å². The molecule has 0 aliphatic heterocycles. The van der Waals surface area contributed by atoms with Crippen LogP contribution in [0.4, 0.5) is 0 Å². The molecule has 0 radical (unpaired) electrons. The van der Waals surface area contributed by atoms with Crippen LogP contribution in [-0.2, 0) is 4.74 Å². The average molecular weight is 255 g/mol. The van der Waals surface area contributed by atoms with Gasteiger partial charge in [-0.3, -0.25) is 5.73 Å². The fraction of sp³-hybridized carbons (Fsp3) is 0.267. The van der Waals surface area contributed by atoms with Crippen LogP contribution in [0.1, 0.15) is 24.2 Å². The second-order valence-corrected chi connectivity index (χ2v) is 4.75. The number of nitrogens with zero attached hydrogens (tertiary/aromatic N) is 1. The van der Waals surface area contributed by atoms with Crippen LogP contribution in [0, 0.1) is 0 Å². The van der Waals surface area contributed by atoms with Crippen molar-refractivity contribution in [3.8, 4) is 0 Å². The van der Waals surface area contributed by atoms with Crippen molar-refractivity contribution in [3.05, 3.63) is 47.7 Å². The Morgan fingerprint density at radius 1 is 1.37 bits per heavy atom. The summed E-state index contributed by atoms with van der Waals surface area (Å²) in [6.45, 7) is 2.42. The van der Waals surface area contributed by atoms with E-state index in [1.54, 1.807) is 6.08 Å². The fourth-order valence-electron chi connectivity index (χ4n) is 2.47. The maximum absolute atomic E-state index is 6.26. The number of hydrogen-bond donors (Lipinski definition) is 2. The molecular formula is C15H17N3O. The van der Waals surface area contributed by atoms with E-state index in [0.717, 1.165) is 22.2 Å². The van der Waals surface area contributed by atoms with Gasteiger partial charge >= 0.3 is 0 Å². The quantitative estimate of drug-likeness (QED) is 0.804. The minimum atomic E-state index is -0.952. The Kier molecular flexibility index (Phi) is 2.86. The maximum atomic E-state index is 6.26. The lowest BCUT2D eigenvalue weighted by Gasteiger charge is -2.35. The smallest absolute Gasteiger partial charge is 0.155 e. The number of benzene rings is 1. The van der Waals surface area contributed by atoms with Gasteiger partial charge < -0.3 is 10.5 Å². The highest BCUT2D eigenvalue weighted by Crippen LogP contribution is 2.33. The number of rotatable bonds is 2. The average Bonchev–Trinajstić information content (AvgIpc) is 2.42. The van der Waals surface area contributed by atoms with Crippen molar-refractivity contribution >= 4 is 17.0 Å². The number of aromatic nitrogens is 1. The van der Waals surface area contributed by atoms with Crippen LogP contribution in [0.2, 0.25) is 0 Å². The van der Waals surface area contributed by atoms with E-state index >= 15 is 0 Å². The van der Waals surface area contributed by atoms with E-state index in [2.05, 4.69) is 4.98 Å². The van der Waals surface area contributed by atoms with Crippen LogP contribution in [0.15, 0.2) is 36.4 Å². The second-order valence-electron chi connectivity index (χ2n) is 4.75. The Balaban J connectivity index is 2.15. The highest BCUT2D eigenvalue weighted by atomic mass is 16.5. The van der Waals surface area contributed by atoms with E-state index in [4.69, 9.17) is 16.2 Å². The number of nitrogens with two attached hydrogens (primary N) is 2. The molecule has 4 nitrogen and oxygen atoms in total. The number of fused-ring (bicyclic) bond motifs is 2. The van der Waals surface area contributed by atoms with Crippen molar-refractivity contribution in [3.63, 3.8) is 0 Å². The number of para-hydroxylation sites is 1. The molecule has 1 aliphatic rings. The first-order valence-corrected chi connectivity index (χ1v) is 6.41. The van der Waals surface area contributed by atoms with Crippen LogP contribution in [0.5, 0.6) is 0 Å². The third-order valence-corrected chi connectivity index (χ3v) is 3.50. The van der Waals surface area contributed by atoms with Gasteiger partial charge in [-0.2, -0.15) is 0 Å². The highest BCUT2D eigenvalue weighted by molar-refractivity contribution is 5.81. The molecule has 1 aliphatic carbocycles. The van der Waals surface area contributed by atoms with Gasteiger partial charge in [0.2, 0.25) is 0 Å². The van der Waals surface area contributed by atoms with Crippen molar-refractivity contribution < 1.29 is 4.74 Å². The number of pyridine rings is 1. The van der Waals surface area contributed by atoms with Gasteiger partial charge in [-0.15, -0.1) is 0 Å². The Hall–Kier alpha value is -1.75. The Morgan fingerprint density at radius 2 is 2.16 bits per heavy atom. The van der Waals surface area contributed by atoms with E-state index in [-0.39, 0.29) is 0 Å². The SMILES string of the molecule is CCOC1(N)C=Cc2nc3ccccc3cc2C1N. The molecule has 0 fully saturated rings. The Morgan fingerprint density at radius 3 is 2.95 bits per heavy atom. The highest BCUT2D eigenvalue weighted by Gasteiger charge is 2.36. The van der Waals surface area contributed by atoms with Gasteiger partial charge in [0.25, 0.3) is 0 Å².